The molecule has 1 heterocycles. The second-order valence-corrected chi connectivity index (χ2v) is 4.01. The molecular weight excluding hydrogens is 284 g/mol. The van der Waals surface area contributed by atoms with E-state index in [1.807, 2.05) is 18.2 Å². The van der Waals surface area contributed by atoms with Crippen molar-refractivity contribution in [3.63, 3.8) is 0 Å². The normalized spacial score (nSPS) is 9.94. The summed E-state index contributed by atoms with van der Waals surface area (Å²) in [7, 11) is 0. The van der Waals surface area contributed by atoms with Crippen molar-refractivity contribution >= 4 is 21.8 Å². The van der Waals surface area contributed by atoms with Gasteiger partial charge < -0.3 is 10.5 Å². The minimum atomic E-state index is -0.180. The van der Waals surface area contributed by atoms with Crippen LogP contribution >= 0.6 is 15.9 Å². The van der Waals surface area contributed by atoms with E-state index in [9.17, 15) is 0 Å². The maximum absolute atomic E-state index is 7.38. The SMILES string of the molecule is N=C(N)c1nccnc1Oc1ccccc1Br. The maximum Gasteiger partial charge on any atom is 0.249 e. The highest BCUT2D eigenvalue weighted by atomic mass is 79.9. The number of rotatable bonds is 3. The fourth-order valence-corrected chi connectivity index (χ4v) is 1.58. The highest BCUT2D eigenvalue weighted by Gasteiger charge is 2.11. The third-order valence-electron chi connectivity index (χ3n) is 1.96. The summed E-state index contributed by atoms with van der Waals surface area (Å²) in [4.78, 5) is 7.96. The number of amidine groups is 1. The minimum Gasteiger partial charge on any atom is -0.436 e. The van der Waals surface area contributed by atoms with Crippen LogP contribution in [0.3, 0.4) is 0 Å². The Kier molecular flexibility index (Phi) is 3.34. The smallest absolute Gasteiger partial charge is 0.249 e. The van der Waals surface area contributed by atoms with Gasteiger partial charge in [-0.15, -0.1) is 0 Å². The molecule has 0 saturated heterocycles. The number of halogens is 1. The Balaban J connectivity index is 2.37. The third-order valence-corrected chi connectivity index (χ3v) is 2.62. The molecule has 0 aliphatic heterocycles. The van der Waals surface area contributed by atoms with Gasteiger partial charge in [-0.25, -0.2) is 9.97 Å². The lowest BCUT2D eigenvalue weighted by atomic mass is 10.3. The van der Waals surface area contributed by atoms with Crippen molar-refractivity contribution in [2.24, 2.45) is 5.73 Å². The summed E-state index contributed by atoms with van der Waals surface area (Å²) in [5.41, 5.74) is 5.62. The van der Waals surface area contributed by atoms with E-state index in [0.717, 1.165) is 4.47 Å². The highest BCUT2D eigenvalue weighted by molar-refractivity contribution is 9.10. The Morgan fingerprint density at radius 2 is 1.94 bits per heavy atom. The number of benzene rings is 1. The summed E-state index contributed by atoms with van der Waals surface area (Å²) >= 11 is 3.36. The van der Waals surface area contributed by atoms with Gasteiger partial charge in [0, 0.05) is 12.4 Å². The minimum absolute atomic E-state index is 0.180. The lowest BCUT2D eigenvalue weighted by Crippen LogP contribution is -2.15. The van der Waals surface area contributed by atoms with Crippen LogP contribution in [0.5, 0.6) is 11.6 Å². The van der Waals surface area contributed by atoms with Crippen LogP contribution in [0.25, 0.3) is 0 Å². The molecule has 1 aromatic heterocycles. The number of hydrogen-bond donors (Lipinski definition) is 2. The Hall–Kier alpha value is -1.95. The molecule has 0 aliphatic carbocycles. The first-order valence-corrected chi connectivity index (χ1v) is 5.55. The second-order valence-electron chi connectivity index (χ2n) is 3.16. The maximum atomic E-state index is 7.38. The van der Waals surface area contributed by atoms with Crippen LogP contribution in [-0.4, -0.2) is 15.8 Å². The fourth-order valence-electron chi connectivity index (χ4n) is 1.22. The van der Waals surface area contributed by atoms with Crippen LogP contribution in [0, 0.1) is 5.41 Å². The molecule has 0 spiro atoms. The summed E-state index contributed by atoms with van der Waals surface area (Å²) in [6.07, 6.45) is 2.95. The van der Waals surface area contributed by atoms with Crippen molar-refractivity contribution in [1.29, 1.82) is 5.41 Å². The van der Waals surface area contributed by atoms with Gasteiger partial charge in [-0.2, -0.15) is 0 Å². The lowest BCUT2D eigenvalue weighted by Gasteiger charge is -2.08. The molecule has 5 nitrogen and oxygen atoms in total. The number of ether oxygens (including phenoxy) is 1. The van der Waals surface area contributed by atoms with Gasteiger partial charge in [-0.05, 0) is 28.1 Å². The van der Waals surface area contributed by atoms with Crippen molar-refractivity contribution in [3.05, 3.63) is 46.8 Å². The number of hydrogen-bond acceptors (Lipinski definition) is 4. The van der Waals surface area contributed by atoms with Crippen LogP contribution in [0.1, 0.15) is 5.69 Å². The first-order chi connectivity index (χ1) is 8.18. The van der Waals surface area contributed by atoms with Crippen molar-refractivity contribution in [3.8, 4) is 11.6 Å². The van der Waals surface area contributed by atoms with Crippen LogP contribution < -0.4 is 10.5 Å². The van der Waals surface area contributed by atoms with Crippen molar-refractivity contribution < 1.29 is 4.74 Å². The Bertz CT molecular complexity index is 559. The Labute approximate surface area is 106 Å². The number of aromatic nitrogens is 2. The summed E-state index contributed by atoms with van der Waals surface area (Å²) in [6.45, 7) is 0. The topological polar surface area (TPSA) is 84.9 Å². The van der Waals surface area contributed by atoms with Crippen LogP contribution in [0.15, 0.2) is 41.1 Å². The van der Waals surface area contributed by atoms with Crippen molar-refractivity contribution in [2.75, 3.05) is 0 Å². The monoisotopic (exact) mass is 292 g/mol. The van der Waals surface area contributed by atoms with Crippen LogP contribution in [0.2, 0.25) is 0 Å². The molecule has 2 aromatic rings. The van der Waals surface area contributed by atoms with Gasteiger partial charge in [0.25, 0.3) is 0 Å². The van der Waals surface area contributed by atoms with Crippen LogP contribution in [0.4, 0.5) is 0 Å². The van der Waals surface area contributed by atoms with Gasteiger partial charge in [0.2, 0.25) is 5.88 Å². The lowest BCUT2D eigenvalue weighted by molar-refractivity contribution is 0.456. The largest absolute Gasteiger partial charge is 0.436 e. The Morgan fingerprint density at radius 1 is 1.24 bits per heavy atom. The summed E-state index contributed by atoms with van der Waals surface area (Å²) in [5, 5.41) is 7.38. The quantitative estimate of drug-likeness (QED) is 0.671. The van der Waals surface area contributed by atoms with Gasteiger partial charge in [-0.3, -0.25) is 5.41 Å². The Morgan fingerprint density at radius 3 is 2.65 bits per heavy atom. The molecule has 6 heteroatoms. The molecule has 0 radical (unpaired) electrons. The first-order valence-electron chi connectivity index (χ1n) is 4.76. The number of nitrogens with zero attached hydrogens (tertiary/aromatic N) is 2. The molecular formula is C11H9BrN4O. The number of para-hydroxylation sites is 1. The molecule has 0 bridgehead atoms. The van der Waals surface area contributed by atoms with E-state index in [-0.39, 0.29) is 17.4 Å². The number of nitrogens with two attached hydrogens (primary N) is 1. The predicted molar refractivity (Wildman–Crippen MR) is 67.3 cm³/mol. The molecule has 86 valence electrons. The summed E-state index contributed by atoms with van der Waals surface area (Å²) in [6, 6.07) is 7.34. The first kappa shape index (κ1) is 11.5. The standard InChI is InChI=1S/C11H9BrN4O/c12-7-3-1-2-4-8(7)17-11-9(10(13)14)15-5-6-16-11/h1-6H,(H3,13,14). The molecule has 3 N–H and O–H groups in total. The highest BCUT2D eigenvalue weighted by Crippen LogP contribution is 2.28. The summed E-state index contributed by atoms with van der Waals surface area (Å²) < 4.78 is 6.35. The number of nitrogens with one attached hydrogen (secondary N) is 1. The van der Waals surface area contributed by atoms with Gasteiger partial charge in [0.15, 0.2) is 5.69 Å². The molecule has 0 saturated carbocycles. The van der Waals surface area contributed by atoms with E-state index < -0.39 is 0 Å². The molecule has 17 heavy (non-hydrogen) atoms. The molecule has 1 aromatic carbocycles. The van der Waals surface area contributed by atoms with Gasteiger partial charge in [0.05, 0.1) is 4.47 Å². The van der Waals surface area contributed by atoms with Crippen molar-refractivity contribution in [1.82, 2.24) is 9.97 Å². The molecule has 0 unspecified atom stereocenters. The molecule has 0 fully saturated rings. The molecule has 0 amide bonds. The zero-order valence-electron chi connectivity index (χ0n) is 8.72. The average Bonchev–Trinajstić information content (AvgIpc) is 2.32. The van der Waals surface area contributed by atoms with E-state index in [0.29, 0.717) is 5.75 Å². The van der Waals surface area contributed by atoms with Gasteiger partial charge >= 0.3 is 0 Å². The predicted octanol–water partition coefficient (Wildman–Crippen LogP) is 2.32. The average molecular weight is 293 g/mol. The molecule has 0 atom stereocenters. The van der Waals surface area contributed by atoms with Gasteiger partial charge in [0.1, 0.15) is 11.6 Å². The zero-order valence-corrected chi connectivity index (χ0v) is 10.3. The molecule has 0 aliphatic rings. The van der Waals surface area contributed by atoms with Crippen molar-refractivity contribution in [2.45, 2.75) is 0 Å². The molecule has 2 rings (SSSR count). The third kappa shape index (κ3) is 2.59. The summed E-state index contributed by atoms with van der Waals surface area (Å²) in [5.74, 6) is 0.627. The van der Waals surface area contributed by atoms with E-state index in [2.05, 4.69) is 25.9 Å². The zero-order chi connectivity index (χ0) is 12.3. The van der Waals surface area contributed by atoms with E-state index in [1.54, 1.807) is 6.07 Å². The van der Waals surface area contributed by atoms with E-state index in [4.69, 9.17) is 15.9 Å². The van der Waals surface area contributed by atoms with Crippen LogP contribution in [-0.2, 0) is 0 Å². The second kappa shape index (κ2) is 4.92. The van der Waals surface area contributed by atoms with E-state index in [1.165, 1.54) is 12.4 Å². The number of nitrogen functional groups attached to an aromatic ring is 1. The fraction of sp³-hybridized carbons (Fsp3) is 0. The van der Waals surface area contributed by atoms with Gasteiger partial charge in [-0.1, -0.05) is 12.1 Å². The van der Waals surface area contributed by atoms with E-state index >= 15 is 0 Å².